The second-order valence-corrected chi connectivity index (χ2v) is 3.91. The largest absolute Gasteiger partial charge is 0.397 e. The summed E-state index contributed by atoms with van der Waals surface area (Å²) in [5.74, 6) is 2.05. The van der Waals surface area contributed by atoms with Crippen LogP contribution in [0, 0.1) is 0 Å². The minimum Gasteiger partial charge on any atom is -0.397 e. The van der Waals surface area contributed by atoms with Crippen LogP contribution in [-0.2, 0) is 13.1 Å². The molecular weight excluding hydrogens is 202 g/mol. The molecule has 2 aromatic heterocycles. The number of fused-ring (bicyclic) bond motifs is 1. The molecule has 0 radical (unpaired) electrons. The quantitative estimate of drug-likeness (QED) is 0.767. The Morgan fingerprint density at radius 2 is 2.12 bits per heavy atom. The summed E-state index contributed by atoms with van der Waals surface area (Å²) in [4.78, 5) is 10.9. The van der Waals surface area contributed by atoms with Gasteiger partial charge < -0.3 is 15.2 Å². The lowest BCUT2D eigenvalue weighted by molar-refractivity contribution is 0.556. The number of anilines is 2. The number of aromatic nitrogens is 3. The van der Waals surface area contributed by atoms with Crippen molar-refractivity contribution in [3.8, 4) is 0 Å². The van der Waals surface area contributed by atoms with E-state index in [2.05, 4.69) is 19.4 Å². The minimum atomic E-state index is 0.697. The van der Waals surface area contributed by atoms with Crippen LogP contribution < -0.4 is 10.6 Å². The van der Waals surface area contributed by atoms with E-state index in [0.29, 0.717) is 5.69 Å². The number of imidazole rings is 1. The second kappa shape index (κ2) is 3.52. The normalized spacial score (nSPS) is 14.9. The molecular formula is C11H13N5. The topological polar surface area (TPSA) is 60.0 Å². The number of pyridine rings is 1. The van der Waals surface area contributed by atoms with E-state index in [1.54, 1.807) is 6.20 Å². The van der Waals surface area contributed by atoms with E-state index in [9.17, 15) is 0 Å². The second-order valence-electron chi connectivity index (χ2n) is 3.91. The molecule has 0 amide bonds. The molecule has 1 aliphatic rings. The van der Waals surface area contributed by atoms with E-state index >= 15 is 0 Å². The number of nitrogens with zero attached hydrogens (tertiary/aromatic N) is 4. The number of nitrogen functional groups attached to an aromatic ring is 1. The fourth-order valence-corrected chi connectivity index (χ4v) is 1.95. The first-order valence-electron chi connectivity index (χ1n) is 5.29. The first-order valence-corrected chi connectivity index (χ1v) is 5.29. The molecule has 16 heavy (non-hydrogen) atoms. The zero-order valence-electron chi connectivity index (χ0n) is 8.87. The van der Waals surface area contributed by atoms with E-state index < -0.39 is 0 Å². The number of nitrogens with two attached hydrogens (primary N) is 1. The standard InChI is InChI=1S/C11H13N5/c12-9-1-2-10(14-7-9)16-6-5-15-4-3-13-11(15)8-16/h1-4,7H,5-6,8,12H2. The Balaban J connectivity index is 1.86. The highest BCUT2D eigenvalue weighted by atomic mass is 15.3. The third kappa shape index (κ3) is 1.50. The van der Waals surface area contributed by atoms with Crippen molar-refractivity contribution in [3.05, 3.63) is 36.5 Å². The Morgan fingerprint density at radius 1 is 1.19 bits per heavy atom. The zero-order chi connectivity index (χ0) is 11.0. The summed E-state index contributed by atoms with van der Waals surface area (Å²) < 4.78 is 2.17. The van der Waals surface area contributed by atoms with Crippen molar-refractivity contribution in [1.82, 2.24) is 14.5 Å². The molecule has 1 aliphatic heterocycles. The van der Waals surface area contributed by atoms with Crippen molar-refractivity contribution in [2.45, 2.75) is 13.1 Å². The third-order valence-corrected chi connectivity index (χ3v) is 2.84. The average molecular weight is 215 g/mol. The predicted molar refractivity (Wildman–Crippen MR) is 61.9 cm³/mol. The summed E-state index contributed by atoms with van der Waals surface area (Å²) in [5, 5.41) is 0. The van der Waals surface area contributed by atoms with Gasteiger partial charge in [0.05, 0.1) is 18.4 Å². The molecule has 3 rings (SSSR count). The molecule has 5 heteroatoms. The van der Waals surface area contributed by atoms with Crippen LogP contribution in [-0.4, -0.2) is 21.1 Å². The van der Waals surface area contributed by atoms with Gasteiger partial charge in [-0.05, 0) is 12.1 Å². The molecule has 0 unspecified atom stereocenters. The fraction of sp³-hybridized carbons (Fsp3) is 0.273. The molecule has 0 saturated heterocycles. The van der Waals surface area contributed by atoms with Gasteiger partial charge in [-0.15, -0.1) is 0 Å². The Hall–Kier alpha value is -2.04. The smallest absolute Gasteiger partial charge is 0.129 e. The van der Waals surface area contributed by atoms with Crippen LogP contribution in [0.25, 0.3) is 0 Å². The molecule has 0 spiro atoms. The molecule has 0 saturated carbocycles. The third-order valence-electron chi connectivity index (χ3n) is 2.84. The number of hydrogen-bond donors (Lipinski definition) is 1. The van der Waals surface area contributed by atoms with Gasteiger partial charge >= 0.3 is 0 Å². The van der Waals surface area contributed by atoms with Gasteiger partial charge in [0.15, 0.2) is 0 Å². The van der Waals surface area contributed by atoms with Crippen molar-refractivity contribution < 1.29 is 0 Å². The highest BCUT2D eigenvalue weighted by Crippen LogP contribution is 2.18. The highest BCUT2D eigenvalue weighted by molar-refractivity contribution is 5.46. The van der Waals surface area contributed by atoms with Crippen molar-refractivity contribution in [2.75, 3.05) is 17.2 Å². The van der Waals surface area contributed by atoms with Crippen LogP contribution in [0.1, 0.15) is 5.82 Å². The van der Waals surface area contributed by atoms with E-state index in [1.807, 2.05) is 24.5 Å². The van der Waals surface area contributed by atoms with Crippen LogP contribution in [0.2, 0.25) is 0 Å². The molecule has 0 aliphatic carbocycles. The molecule has 0 aromatic carbocycles. The monoisotopic (exact) mass is 215 g/mol. The maximum Gasteiger partial charge on any atom is 0.129 e. The maximum atomic E-state index is 5.62. The SMILES string of the molecule is Nc1ccc(N2CCn3ccnc3C2)nc1. The highest BCUT2D eigenvalue weighted by Gasteiger charge is 2.17. The van der Waals surface area contributed by atoms with Crippen molar-refractivity contribution in [2.24, 2.45) is 0 Å². The van der Waals surface area contributed by atoms with Gasteiger partial charge in [-0.25, -0.2) is 9.97 Å². The van der Waals surface area contributed by atoms with Gasteiger partial charge in [0, 0.05) is 25.5 Å². The molecule has 5 nitrogen and oxygen atoms in total. The molecule has 82 valence electrons. The van der Waals surface area contributed by atoms with E-state index in [1.165, 1.54) is 0 Å². The van der Waals surface area contributed by atoms with E-state index in [4.69, 9.17) is 5.73 Å². The lowest BCUT2D eigenvalue weighted by Gasteiger charge is -2.28. The Bertz CT molecular complexity index is 487. The number of rotatable bonds is 1. The maximum absolute atomic E-state index is 5.62. The summed E-state index contributed by atoms with van der Waals surface area (Å²) in [5.41, 5.74) is 6.32. The van der Waals surface area contributed by atoms with Gasteiger partial charge in [-0.2, -0.15) is 0 Å². The molecule has 3 heterocycles. The van der Waals surface area contributed by atoms with Gasteiger partial charge in [-0.1, -0.05) is 0 Å². The number of hydrogen-bond acceptors (Lipinski definition) is 4. The van der Waals surface area contributed by atoms with Crippen LogP contribution >= 0.6 is 0 Å². The summed E-state index contributed by atoms with van der Waals surface area (Å²) >= 11 is 0. The Morgan fingerprint density at radius 3 is 2.94 bits per heavy atom. The van der Waals surface area contributed by atoms with Crippen molar-refractivity contribution >= 4 is 11.5 Å². The first kappa shape index (κ1) is 9.21. The van der Waals surface area contributed by atoms with Gasteiger partial charge in [0.25, 0.3) is 0 Å². The van der Waals surface area contributed by atoms with Gasteiger partial charge in [0.1, 0.15) is 11.6 Å². The minimum absolute atomic E-state index is 0.697. The average Bonchev–Trinajstić information content (AvgIpc) is 2.77. The molecule has 0 bridgehead atoms. The van der Waals surface area contributed by atoms with Gasteiger partial charge in [-0.3, -0.25) is 0 Å². The zero-order valence-corrected chi connectivity index (χ0v) is 8.87. The summed E-state index contributed by atoms with van der Waals surface area (Å²) in [7, 11) is 0. The predicted octanol–water partition coefficient (Wildman–Crippen LogP) is 0.881. The van der Waals surface area contributed by atoms with E-state index in [0.717, 1.165) is 31.3 Å². The van der Waals surface area contributed by atoms with Crippen molar-refractivity contribution in [1.29, 1.82) is 0 Å². The van der Waals surface area contributed by atoms with Crippen LogP contribution in [0.4, 0.5) is 11.5 Å². The lowest BCUT2D eigenvalue weighted by Crippen LogP contribution is -2.34. The van der Waals surface area contributed by atoms with Crippen LogP contribution in [0.3, 0.4) is 0 Å². The summed E-state index contributed by atoms with van der Waals surface area (Å²) in [6.07, 6.45) is 5.55. The Kier molecular flexibility index (Phi) is 2.02. The van der Waals surface area contributed by atoms with Crippen molar-refractivity contribution in [3.63, 3.8) is 0 Å². The fourth-order valence-electron chi connectivity index (χ4n) is 1.95. The molecule has 0 fully saturated rings. The van der Waals surface area contributed by atoms with Gasteiger partial charge in [0.2, 0.25) is 0 Å². The molecule has 2 aromatic rings. The summed E-state index contributed by atoms with van der Waals surface area (Å²) in [6, 6.07) is 3.83. The molecule has 2 N–H and O–H groups in total. The lowest BCUT2D eigenvalue weighted by atomic mass is 10.3. The Labute approximate surface area is 93.5 Å². The molecule has 0 atom stereocenters. The van der Waals surface area contributed by atoms with Crippen LogP contribution in [0.15, 0.2) is 30.7 Å². The van der Waals surface area contributed by atoms with Crippen LogP contribution in [0.5, 0.6) is 0 Å². The summed E-state index contributed by atoms with van der Waals surface area (Å²) in [6.45, 7) is 2.73. The first-order chi connectivity index (χ1) is 7.83. The van der Waals surface area contributed by atoms with E-state index in [-0.39, 0.29) is 0 Å².